The number of hydrogen-bond acceptors (Lipinski definition) is 5. The SMILES string of the molecule is CCCOc1ccc(-c2nc(C(=O)Nc3ccc(NC(C)=O)cc3Cl)cs2)cc1. The maximum absolute atomic E-state index is 12.5. The molecule has 0 saturated heterocycles. The van der Waals surface area contributed by atoms with Crippen LogP contribution in [0.25, 0.3) is 10.6 Å². The number of carbonyl (C=O) groups excluding carboxylic acids is 2. The van der Waals surface area contributed by atoms with Crippen molar-refractivity contribution < 1.29 is 14.3 Å². The largest absolute Gasteiger partial charge is 0.494 e. The number of ether oxygens (including phenoxy) is 1. The number of halogens is 1. The molecule has 0 atom stereocenters. The first-order chi connectivity index (χ1) is 14.0. The molecule has 0 fully saturated rings. The molecule has 29 heavy (non-hydrogen) atoms. The van der Waals surface area contributed by atoms with Gasteiger partial charge in [-0.05, 0) is 48.9 Å². The van der Waals surface area contributed by atoms with E-state index >= 15 is 0 Å². The molecule has 3 rings (SSSR count). The standard InChI is InChI=1S/C21H20ClN3O3S/c1-3-10-28-16-7-4-14(5-8-16)21-25-19(12-29-21)20(27)24-18-9-6-15(11-17(18)22)23-13(2)26/h4-9,11-12H,3,10H2,1-2H3,(H,23,26)(H,24,27). The maximum atomic E-state index is 12.5. The van der Waals surface area contributed by atoms with E-state index in [0.29, 0.717) is 28.7 Å². The topological polar surface area (TPSA) is 80.3 Å². The van der Waals surface area contributed by atoms with E-state index in [0.717, 1.165) is 22.7 Å². The van der Waals surface area contributed by atoms with Gasteiger partial charge in [-0.3, -0.25) is 9.59 Å². The summed E-state index contributed by atoms with van der Waals surface area (Å²) in [7, 11) is 0. The predicted octanol–water partition coefficient (Wildman–Crippen LogP) is 5.46. The molecule has 0 bridgehead atoms. The summed E-state index contributed by atoms with van der Waals surface area (Å²) in [6, 6.07) is 12.5. The van der Waals surface area contributed by atoms with Crippen LogP contribution in [0.1, 0.15) is 30.8 Å². The van der Waals surface area contributed by atoms with Gasteiger partial charge >= 0.3 is 0 Å². The van der Waals surface area contributed by atoms with Gasteiger partial charge < -0.3 is 15.4 Å². The van der Waals surface area contributed by atoms with Crippen molar-refractivity contribution in [2.75, 3.05) is 17.2 Å². The monoisotopic (exact) mass is 429 g/mol. The van der Waals surface area contributed by atoms with Crippen molar-refractivity contribution in [2.24, 2.45) is 0 Å². The molecular formula is C21H20ClN3O3S. The van der Waals surface area contributed by atoms with Crippen LogP contribution in [0.3, 0.4) is 0 Å². The van der Waals surface area contributed by atoms with Crippen LogP contribution in [0.15, 0.2) is 47.8 Å². The van der Waals surface area contributed by atoms with E-state index in [1.807, 2.05) is 24.3 Å². The highest BCUT2D eigenvalue weighted by atomic mass is 35.5. The van der Waals surface area contributed by atoms with E-state index in [1.54, 1.807) is 23.6 Å². The molecular weight excluding hydrogens is 410 g/mol. The van der Waals surface area contributed by atoms with Crippen molar-refractivity contribution >= 4 is 46.1 Å². The van der Waals surface area contributed by atoms with Crippen LogP contribution < -0.4 is 15.4 Å². The summed E-state index contributed by atoms with van der Waals surface area (Å²) < 4.78 is 5.58. The number of rotatable bonds is 7. The third-order valence-corrected chi connectivity index (χ3v) is 5.05. The number of aromatic nitrogens is 1. The molecule has 6 nitrogen and oxygen atoms in total. The summed E-state index contributed by atoms with van der Waals surface area (Å²) in [6.45, 7) is 4.14. The molecule has 150 valence electrons. The second-order valence-corrected chi connectivity index (χ2v) is 7.51. The Balaban J connectivity index is 1.68. The summed E-state index contributed by atoms with van der Waals surface area (Å²) in [5.74, 6) is 0.255. The van der Waals surface area contributed by atoms with Crippen molar-refractivity contribution in [2.45, 2.75) is 20.3 Å². The fourth-order valence-electron chi connectivity index (χ4n) is 2.51. The second-order valence-electron chi connectivity index (χ2n) is 6.24. The zero-order valence-electron chi connectivity index (χ0n) is 16.0. The number of thiazole rings is 1. The van der Waals surface area contributed by atoms with E-state index in [9.17, 15) is 9.59 Å². The number of hydrogen-bond donors (Lipinski definition) is 2. The van der Waals surface area contributed by atoms with Gasteiger partial charge in [0.25, 0.3) is 5.91 Å². The third kappa shape index (κ3) is 5.56. The van der Waals surface area contributed by atoms with Crippen LogP contribution >= 0.6 is 22.9 Å². The first kappa shape index (κ1) is 20.8. The highest BCUT2D eigenvalue weighted by Crippen LogP contribution is 2.28. The quantitative estimate of drug-likeness (QED) is 0.522. The van der Waals surface area contributed by atoms with Crippen LogP contribution in [-0.4, -0.2) is 23.4 Å². The van der Waals surface area contributed by atoms with Gasteiger partial charge in [-0.2, -0.15) is 0 Å². The number of anilines is 2. The molecule has 2 N–H and O–H groups in total. The average molecular weight is 430 g/mol. The zero-order chi connectivity index (χ0) is 20.8. The lowest BCUT2D eigenvalue weighted by Crippen LogP contribution is -2.13. The van der Waals surface area contributed by atoms with Crippen molar-refractivity contribution in [3.8, 4) is 16.3 Å². The minimum absolute atomic E-state index is 0.196. The molecule has 0 unspecified atom stereocenters. The lowest BCUT2D eigenvalue weighted by atomic mass is 10.2. The fraction of sp³-hybridized carbons (Fsp3) is 0.190. The van der Waals surface area contributed by atoms with E-state index in [1.165, 1.54) is 18.3 Å². The van der Waals surface area contributed by atoms with Crippen LogP contribution in [0.2, 0.25) is 5.02 Å². The van der Waals surface area contributed by atoms with Gasteiger partial charge in [-0.25, -0.2) is 4.98 Å². The molecule has 2 aromatic carbocycles. The highest BCUT2D eigenvalue weighted by molar-refractivity contribution is 7.13. The van der Waals surface area contributed by atoms with Gasteiger partial charge in [-0.15, -0.1) is 11.3 Å². The Morgan fingerprint density at radius 1 is 1.14 bits per heavy atom. The Kier molecular flexibility index (Phi) is 6.85. The first-order valence-electron chi connectivity index (χ1n) is 9.03. The lowest BCUT2D eigenvalue weighted by molar-refractivity contribution is -0.114. The number of carbonyl (C=O) groups is 2. The zero-order valence-corrected chi connectivity index (χ0v) is 17.6. The summed E-state index contributed by atoms with van der Waals surface area (Å²) >= 11 is 7.59. The van der Waals surface area contributed by atoms with Crippen molar-refractivity contribution in [3.63, 3.8) is 0 Å². The molecule has 0 aliphatic heterocycles. The van der Waals surface area contributed by atoms with Crippen molar-refractivity contribution in [1.82, 2.24) is 4.98 Å². The number of benzene rings is 2. The van der Waals surface area contributed by atoms with Crippen molar-refractivity contribution in [3.05, 3.63) is 58.6 Å². The Morgan fingerprint density at radius 3 is 2.55 bits per heavy atom. The van der Waals surface area contributed by atoms with Crippen LogP contribution in [-0.2, 0) is 4.79 Å². The predicted molar refractivity (Wildman–Crippen MR) is 117 cm³/mol. The normalized spacial score (nSPS) is 10.4. The molecule has 8 heteroatoms. The van der Waals surface area contributed by atoms with Gasteiger partial charge in [-0.1, -0.05) is 18.5 Å². The minimum atomic E-state index is -0.357. The molecule has 2 amide bonds. The third-order valence-electron chi connectivity index (χ3n) is 3.85. The Bertz CT molecular complexity index is 1020. The summed E-state index contributed by atoms with van der Waals surface area (Å²) in [5, 5.41) is 8.15. The van der Waals surface area contributed by atoms with Crippen LogP contribution in [0, 0.1) is 0 Å². The molecule has 0 aliphatic carbocycles. The number of nitrogens with one attached hydrogen (secondary N) is 2. The van der Waals surface area contributed by atoms with Gasteiger partial charge in [0.15, 0.2) is 0 Å². The highest BCUT2D eigenvalue weighted by Gasteiger charge is 2.14. The van der Waals surface area contributed by atoms with Crippen LogP contribution in [0.5, 0.6) is 5.75 Å². The number of amides is 2. The molecule has 1 aromatic heterocycles. The smallest absolute Gasteiger partial charge is 0.275 e. The van der Waals surface area contributed by atoms with E-state index < -0.39 is 0 Å². The van der Waals surface area contributed by atoms with Gasteiger partial charge in [0, 0.05) is 23.6 Å². The van der Waals surface area contributed by atoms with E-state index in [2.05, 4.69) is 22.5 Å². The molecule has 0 spiro atoms. The second kappa shape index (κ2) is 9.54. The Morgan fingerprint density at radius 2 is 1.90 bits per heavy atom. The van der Waals surface area contributed by atoms with Gasteiger partial charge in [0.1, 0.15) is 16.5 Å². The van der Waals surface area contributed by atoms with Crippen molar-refractivity contribution in [1.29, 1.82) is 0 Å². The van der Waals surface area contributed by atoms with Crippen LogP contribution in [0.4, 0.5) is 11.4 Å². The molecule has 0 aliphatic rings. The number of nitrogens with zero attached hydrogens (tertiary/aromatic N) is 1. The van der Waals surface area contributed by atoms with E-state index in [4.69, 9.17) is 16.3 Å². The lowest BCUT2D eigenvalue weighted by Gasteiger charge is -2.08. The average Bonchev–Trinajstić information content (AvgIpc) is 3.19. The summed E-state index contributed by atoms with van der Waals surface area (Å²) in [4.78, 5) is 28.1. The molecule has 3 aromatic rings. The van der Waals surface area contributed by atoms with E-state index in [-0.39, 0.29) is 11.8 Å². The van der Waals surface area contributed by atoms with Gasteiger partial charge in [0.05, 0.1) is 17.3 Å². The molecule has 1 heterocycles. The first-order valence-corrected chi connectivity index (χ1v) is 10.3. The Labute approximate surface area is 177 Å². The molecule has 0 saturated carbocycles. The van der Waals surface area contributed by atoms with Gasteiger partial charge in [0.2, 0.25) is 5.91 Å². The molecule has 0 radical (unpaired) electrons. The fourth-order valence-corrected chi connectivity index (χ4v) is 3.54. The Hall–Kier alpha value is -2.90. The maximum Gasteiger partial charge on any atom is 0.275 e. The summed E-state index contributed by atoms with van der Waals surface area (Å²) in [5.41, 5.74) is 2.22. The minimum Gasteiger partial charge on any atom is -0.494 e. The summed E-state index contributed by atoms with van der Waals surface area (Å²) in [6.07, 6.45) is 0.951.